The van der Waals surface area contributed by atoms with Crippen molar-refractivity contribution in [1.29, 1.82) is 0 Å². The predicted octanol–water partition coefficient (Wildman–Crippen LogP) is 4.12. The molecule has 3 N–H and O–H groups in total. The van der Waals surface area contributed by atoms with Crippen LogP contribution in [0, 0.1) is 0 Å². The molecule has 1 heterocycles. The maximum Gasteiger partial charge on any atom is 0.258 e. The normalized spacial score (nSPS) is 18.0. The Morgan fingerprint density at radius 2 is 2.00 bits per heavy atom. The lowest BCUT2D eigenvalue weighted by Crippen LogP contribution is -2.47. The first-order chi connectivity index (χ1) is 11.4. The molecule has 3 rings (SSSR count). The van der Waals surface area contributed by atoms with Gasteiger partial charge in [-0.15, -0.1) is 0 Å². The highest BCUT2D eigenvalue weighted by Crippen LogP contribution is 2.40. The summed E-state index contributed by atoms with van der Waals surface area (Å²) in [6.45, 7) is 3.99. The number of hydrogen-bond donors (Lipinski definition) is 3. The molecule has 0 spiro atoms. The van der Waals surface area contributed by atoms with Crippen molar-refractivity contribution in [1.82, 2.24) is 4.90 Å². The number of aromatic hydroxyl groups is 2. The summed E-state index contributed by atoms with van der Waals surface area (Å²) in [5, 5.41) is 22.9. The van der Waals surface area contributed by atoms with E-state index in [0.717, 1.165) is 12.1 Å². The molecule has 0 radical (unpaired) electrons. The van der Waals surface area contributed by atoms with Gasteiger partial charge in [0, 0.05) is 17.3 Å². The maximum atomic E-state index is 13.0. The van der Waals surface area contributed by atoms with Crippen LogP contribution in [-0.2, 0) is 0 Å². The minimum Gasteiger partial charge on any atom is -0.504 e. The third-order valence-electron chi connectivity index (χ3n) is 4.41. The fraction of sp³-hybridized carbons (Fsp3) is 0.278. The highest BCUT2D eigenvalue weighted by Gasteiger charge is 2.35. The van der Waals surface area contributed by atoms with Crippen LogP contribution in [0.4, 0.5) is 5.69 Å². The van der Waals surface area contributed by atoms with E-state index in [1.54, 1.807) is 17.0 Å². The molecule has 5 nitrogen and oxygen atoms in total. The Kier molecular flexibility index (Phi) is 4.28. The second-order valence-corrected chi connectivity index (χ2v) is 6.34. The van der Waals surface area contributed by atoms with E-state index in [4.69, 9.17) is 11.6 Å². The number of anilines is 1. The van der Waals surface area contributed by atoms with Crippen molar-refractivity contribution in [2.24, 2.45) is 0 Å². The molecule has 2 aromatic carbocycles. The molecule has 1 aliphatic heterocycles. The van der Waals surface area contributed by atoms with E-state index in [9.17, 15) is 15.0 Å². The number of benzene rings is 2. The van der Waals surface area contributed by atoms with Crippen LogP contribution in [0.25, 0.3) is 0 Å². The first kappa shape index (κ1) is 16.5. The summed E-state index contributed by atoms with van der Waals surface area (Å²) in [6, 6.07) is 10.3. The molecule has 24 heavy (non-hydrogen) atoms. The average molecular weight is 347 g/mol. The maximum absolute atomic E-state index is 13.0. The van der Waals surface area contributed by atoms with Crippen LogP contribution in [0.15, 0.2) is 36.4 Å². The van der Waals surface area contributed by atoms with Crippen LogP contribution in [0.5, 0.6) is 11.5 Å². The largest absolute Gasteiger partial charge is 0.504 e. The molecule has 6 heteroatoms. The SMILES string of the molecule is CC[C@@H](C)N1C(=O)c2ccccc2N[C@H]1c1cc(O)c(O)c(Cl)c1. The Labute approximate surface area is 145 Å². The van der Waals surface area contributed by atoms with Gasteiger partial charge in [-0.05, 0) is 37.6 Å². The monoisotopic (exact) mass is 346 g/mol. The van der Waals surface area contributed by atoms with Gasteiger partial charge in [-0.3, -0.25) is 4.79 Å². The molecule has 0 bridgehead atoms. The number of phenols is 2. The second-order valence-electron chi connectivity index (χ2n) is 5.93. The van der Waals surface area contributed by atoms with E-state index >= 15 is 0 Å². The molecule has 2 atom stereocenters. The third-order valence-corrected chi connectivity index (χ3v) is 4.70. The zero-order chi connectivity index (χ0) is 17.4. The van der Waals surface area contributed by atoms with Crippen molar-refractivity contribution in [2.75, 3.05) is 5.32 Å². The van der Waals surface area contributed by atoms with Crippen LogP contribution in [-0.4, -0.2) is 27.1 Å². The molecular weight excluding hydrogens is 328 g/mol. The summed E-state index contributed by atoms with van der Waals surface area (Å²) in [5.41, 5.74) is 1.96. The lowest BCUT2D eigenvalue weighted by molar-refractivity contribution is 0.0593. The third kappa shape index (κ3) is 2.65. The van der Waals surface area contributed by atoms with Crippen LogP contribution in [0.3, 0.4) is 0 Å². The lowest BCUT2D eigenvalue weighted by atomic mass is 10.0. The predicted molar refractivity (Wildman–Crippen MR) is 93.5 cm³/mol. The van der Waals surface area contributed by atoms with Gasteiger partial charge < -0.3 is 20.4 Å². The van der Waals surface area contributed by atoms with Crippen molar-refractivity contribution in [3.8, 4) is 11.5 Å². The summed E-state index contributed by atoms with van der Waals surface area (Å²) in [5.74, 6) is -0.750. The Morgan fingerprint density at radius 3 is 2.67 bits per heavy atom. The first-order valence-corrected chi connectivity index (χ1v) is 8.21. The molecule has 0 aromatic heterocycles. The van der Waals surface area contributed by atoms with Gasteiger partial charge >= 0.3 is 0 Å². The highest BCUT2D eigenvalue weighted by molar-refractivity contribution is 6.32. The van der Waals surface area contributed by atoms with E-state index in [1.807, 2.05) is 32.0 Å². The molecule has 1 aliphatic rings. The van der Waals surface area contributed by atoms with Gasteiger partial charge in [-0.25, -0.2) is 0 Å². The lowest BCUT2D eigenvalue weighted by Gasteiger charge is -2.41. The van der Waals surface area contributed by atoms with Gasteiger partial charge in [0.1, 0.15) is 6.17 Å². The molecular formula is C18H19ClN2O3. The minimum atomic E-state index is -0.480. The van der Waals surface area contributed by atoms with Crippen molar-refractivity contribution in [2.45, 2.75) is 32.5 Å². The van der Waals surface area contributed by atoms with Gasteiger partial charge in [0.25, 0.3) is 5.91 Å². The number of halogens is 1. The zero-order valence-corrected chi connectivity index (χ0v) is 14.2. The Morgan fingerprint density at radius 1 is 1.29 bits per heavy atom. The zero-order valence-electron chi connectivity index (χ0n) is 13.5. The van der Waals surface area contributed by atoms with Gasteiger partial charge in [0.15, 0.2) is 11.5 Å². The van der Waals surface area contributed by atoms with E-state index in [1.165, 1.54) is 6.07 Å². The Bertz CT molecular complexity index is 771. The summed E-state index contributed by atoms with van der Waals surface area (Å²) in [6.07, 6.45) is 0.301. The number of rotatable bonds is 3. The molecule has 0 aliphatic carbocycles. The van der Waals surface area contributed by atoms with Crippen molar-refractivity contribution in [3.05, 3.63) is 52.5 Å². The smallest absolute Gasteiger partial charge is 0.258 e. The number of para-hydroxylation sites is 1. The first-order valence-electron chi connectivity index (χ1n) is 7.83. The average Bonchev–Trinajstić information content (AvgIpc) is 2.58. The highest BCUT2D eigenvalue weighted by atomic mass is 35.5. The number of carbonyl (C=O) groups is 1. The second kappa shape index (κ2) is 6.24. The topological polar surface area (TPSA) is 72.8 Å². The number of hydrogen-bond acceptors (Lipinski definition) is 4. The van der Waals surface area contributed by atoms with Gasteiger partial charge in [-0.2, -0.15) is 0 Å². The number of amides is 1. The van der Waals surface area contributed by atoms with Crippen LogP contribution in [0.1, 0.15) is 42.4 Å². The summed E-state index contributed by atoms with van der Waals surface area (Å²) < 4.78 is 0. The number of nitrogens with zero attached hydrogens (tertiary/aromatic N) is 1. The minimum absolute atomic E-state index is 0.0157. The van der Waals surface area contributed by atoms with Crippen molar-refractivity contribution < 1.29 is 15.0 Å². The van der Waals surface area contributed by atoms with E-state index in [0.29, 0.717) is 11.1 Å². The van der Waals surface area contributed by atoms with Crippen molar-refractivity contribution >= 4 is 23.2 Å². The van der Waals surface area contributed by atoms with Crippen LogP contribution >= 0.6 is 11.6 Å². The quantitative estimate of drug-likeness (QED) is 0.731. The summed E-state index contributed by atoms with van der Waals surface area (Å²) in [4.78, 5) is 14.7. The molecule has 0 fully saturated rings. The number of fused-ring (bicyclic) bond motifs is 1. The van der Waals surface area contributed by atoms with E-state index in [-0.39, 0.29) is 28.5 Å². The van der Waals surface area contributed by atoms with Crippen LogP contribution in [0.2, 0.25) is 5.02 Å². The summed E-state index contributed by atoms with van der Waals surface area (Å²) >= 11 is 5.99. The van der Waals surface area contributed by atoms with Gasteiger partial charge in [0.05, 0.1) is 10.6 Å². The summed E-state index contributed by atoms with van der Waals surface area (Å²) in [7, 11) is 0. The van der Waals surface area contributed by atoms with Gasteiger partial charge in [0.2, 0.25) is 0 Å². The molecule has 126 valence electrons. The standard InChI is InChI=1S/C18H19ClN2O3/c1-3-10(2)21-17(11-8-13(19)16(23)15(22)9-11)20-14-7-5-4-6-12(14)18(21)24/h4-10,17,20,22-23H,3H2,1-2H3/t10-,17-/m1/s1. The molecule has 0 saturated heterocycles. The molecule has 0 saturated carbocycles. The van der Waals surface area contributed by atoms with Gasteiger partial charge in [-0.1, -0.05) is 30.7 Å². The Hall–Kier alpha value is -2.40. The van der Waals surface area contributed by atoms with E-state index < -0.39 is 6.17 Å². The fourth-order valence-electron chi connectivity index (χ4n) is 2.93. The number of phenolic OH excluding ortho intramolecular Hbond substituents is 2. The van der Waals surface area contributed by atoms with Crippen LogP contribution < -0.4 is 5.32 Å². The molecule has 1 amide bonds. The molecule has 0 unspecified atom stereocenters. The number of carbonyl (C=O) groups excluding carboxylic acids is 1. The Balaban J connectivity index is 2.12. The van der Waals surface area contributed by atoms with Crippen molar-refractivity contribution in [3.63, 3.8) is 0 Å². The fourth-order valence-corrected chi connectivity index (χ4v) is 3.15. The number of nitrogens with one attached hydrogen (secondary N) is 1. The van der Waals surface area contributed by atoms with E-state index in [2.05, 4.69) is 5.32 Å². The molecule has 2 aromatic rings.